The van der Waals surface area contributed by atoms with Crippen molar-refractivity contribution in [3.05, 3.63) is 17.7 Å². The lowest BCUT2D eigenvalue weighted by molar-refractivity contribution is 0.342. The number of aryl methyl sites for hydroxylation is 1. The Hall–Kier alpha value is -0.870. The number of hydrogen-bond donors (Lipinski definition) is 1. The van der Waals surface area contributed by atoms with Gasteiger partial charge in [0.25, 0.3) is 0 Å². The molecule has 0 bridgehead atoms. The molecular weight excluding hydrogens is 212 g/mol. The van der Waals surface area contributed by atoms with Crippen LogP contribution in [0.1, 0.15) is 43.2 Å². The van der Waals surface area contributed by atoms with E-state index in [0.29, 0.717) is 0 Å². The second-order valence-corrected chi connectivity index (χ2v) is 5.33. The van der Waals surface area contributed by atoms with E-state index in [0.717, 1.165) is 31.8 Å². The average Bonchev–Trinajstić information content (AvgIpc) is 2.95. The fourth-order valence-corrected chi connectivity index (χ4v) is 2.97. The molecule has 0 amide bonds. The van der Waals surface area contributed by atoms with Gasteiger partial charge in [0, 0.05) is 25.7 Å². The number of aromatic nitrogens is 2. The van der Waals surface area contributed by atoms with Gasteiger partial charge in [0.15, 0.2) is 0 Å². The van der Waals surface area contributed by atoms with E-state index in [4.69, 9.17) is 10.7 Å². The third-order valence-electron chi connectivity index (χ3n) is 3.99. The third-order valence-corrected chi connectivity index (χ3v) is 3.99. The second kappa shape index (κ2) is 4.78. The molecule has 0 radical (unpaired) electrons. The number of nitrogens with zero attached hydrogens (tertiary/aromatic N) is 3. The number of nitrogens with two attached hydrogens (primary N) is 1. The Labute approximate surface area is 103 Å². The summed E-state index contributed by atoms with van der Waals surface area (Å²) in [7, 11) is 0. The molecular formula is C13H22N4. The van der Waals surface area contributed by atoms with E-state index >= 15 is 0 Å². The average molecular weight is 234 g/mol. The van der Waals surface area contributed by atoms with Crippen molar-refractivity contribution in [2.24, 2.45) is 5.73 Å². The first-order chi connectivity index (χ1) is 8.33. The van der Waals surface area contributed by atoms with Crippen LogP contribution in [0.2, 0.25) is 0 Å². The monoisotopic (exact) mass is 234 g/mol. The van der Waals surface area contributed by atoms with E-state index in [1.54, 1.807) is 0 Å². The molecule has 1 aromatic rings. The van der Waals surface area contributed by atoms with Gasteiger partial charge < -0.3 is 15.2 Å². The molecule has 1 atom stereocenters. The van der Waals surface area contributed by atoms with E-state index in [9.17, 15) is 0 Å². The summed E-state index contributed by atoms with van der Waals surface area (Å²) >= 11 is 0. The molecule has 2 aliphatic heterocycles. The van der Waals surface area contributed by atoms with Gasteiger partial charge in [-0.25, -0.2) is 4.98 Å². The van der Waals surface area contributed by atoms with Crippen LogP contribution in [-0.2, 0) is 13.0 Å². The zero-order valence-electron chi connectivity index (χ0n) is 10.4. The highest BCUT2D eigenvalue weighted by atomic mass is 15.1. The molecule has 1 fully saturated rings. The van der Waals surface area contributed by atoms with Gasteiger partial charge >= 0.3 is 0 Å². The van der Waals surface area contributed by atoms with Crippen LogP contribution in [0, 0.1) is 0 Å². The summed E-state index contributed by atoms with van der Waals surface area (Å²) in [6.07, 6.45) is 8.30. The standard InChI is InChI=1S/C13H22N4/c14-12-4-3-8-17-10-11(15-13(12)17)5-9-16-6-1-2-7-16/h10,12H,1-9,14H2. The molecule has 0 aliphatic carbocycles. The first-order valence-corrected chi connectivity index (χ1v) is 6.87. The molecule has 0 saturated carbocycles. The van der Waals surface area contributed by atoms with Gasteiger partial charge in [-0.05, 0) is 38.8 Å². The van der Waals surface area contributed by atoms with Crippen LogP contribution in [0.3, 0.4) is 0 Å². The predicted molar refractivity (Wildman–Crippen MR) is 67.8 cm³/mol. The van der Waals surface area contributed by atoms with E-state index in [1.807, 2.05) is 0 Å². The van der Waals surface area contributed by atoms with Crippen LogP contribution in [0.25, 0.3) is 0 Å². The Balaban J connectivity index is 1.63. The maximum absolute atomic E-state index is 6.08. The van der Waals surface area contributed by atoms with Crippen LogP contribution < -0.4 is 5.73 Å². The molecule has 17 heavy (non-hydrogen) atoms. The van der Waals surface area contributed by atoms with Gasteiger partial charge in [-0.2, -0.15) is 0 Å². The van der Waals surface area contributed by atoms with Gasteiger partial charge in [0.2, 0.25) is 0 Å². The first kappa shape index (κ1) is 11.2. The fraction of sp³-hybridized carbons (Fsp3) is 0.769. The highest BCUT2D eigenvalue weighted by Gasteiger charge is 2.20. The van der Waals surface area contributed by atoms with Crippen LogP contribution in [-0.4, -0.2) is 34.1 Å². The molecule has 0 aromatic carbocycles. The lowest BCUT2D eigenvalue weighted by Gasteiger charge is -2.19. The summed E-state index contributed by atoms with van der Waals surface area (Å²) in [5.41, 5.74) is 7.31. The molecule has 1 saturated heterocycles. The summed E-state index contributed by atoms with van der Waals surface area (Å²) < 4.78 is 2.26. The quantitative estimate of drug-likeness (QED) is 0.858. The summed E-state index contributed by atoms with van der Waals surface area (Å²) in [4.78, 5) is 7.24. The summed E-state index contributed by atoms with van der Waals surface area (Å²) in [6.45, 7) is 4.80. The second-order valence-electron chi connectivity index (χ2n) is 5.33. The zero-order valence-corrected chi connectivity index (χ0v) is 10.4. The van der Waals surface area contributed by atoms with Crippen LogP contribution in [0.5, 0.6) is 0 Å². The zero-order chi connectivity index (χ0) is 11.7. The lowest BCUT2D eigenvalue weighted by Crippen LogP contribution is -2.22. The largest absolute Gasteiger partial charge is 0.333 e. The first-order valence-electron chi connectivity index (χ1n) is 6.87. The van der Waals surface area contributed by atoms with Crippen molar-refractivity contribution in [1.82, 2.24) is 14.5 Å². The SMILES string of the molecule is NC1CCCn2cc(CCN3CCCC3)nc21. The minimum absolute atomic E-state index is 0.157. The molecule has 2 aliphatic rings. The van der Waals surface area contributed by atoms with E-state index in [-0.39, 0.29) is 6.04 Å². The normalized spacial score (nSPS) is 25.1. The topological polar surface area (TPSA) is 47.1 Å². The Kier molecular flexibility index (Phi) is 3.16. The molecule has 1 aromatic heterocycles. The molecule has 4 nitrogen and oxygen atoms in total. The molecule has 4 heteroatoms. The van der Waals surface area contributed by atoms with Crippen molar-refractivity contribution in [2.45, 2.75) is 44.7 Å². The number of rotatable bonds is 3. The van der Waals surface area contributed by atoms with Crippen molar-refractivity contribution in [3.8, 4) is 0 Å². The maximum atomic E-state index is 6.08. The minimum atomic E-state index is 0.157. The van der Waals surface area contributed by atoms with Crippen LogP contribution in [0.15, 0.2) is 6.20 Å². The number of fused-ring (bicyclic) bond motifs is 1. The smallest absolute Gasteiger partial charge is 0.125 e. The maximum Gasteiger partial charge on any atom is 0.125 e. The molecule has 0 spiro atoms. The minimum Gasteiger partial charge on any atom is -0.333 e. The Morgan fingerprint density at radius 2 is 2.06 bits per heavy atom. The van der Waals surface area contributed by atoms with Gasteiger partial charge in [0.1, 0.15) is 5.82 Å². The third kappa shape index (κ3) is 2.38. The van der Waals surface area contributed by atoms with Crippen molar-refractivity contribution in [3.63, 3.8) is 0 Å². The predicted octanol–water partition coefficient (Wildman–Crippen LogP) is 1.31. The highest BCUT2D eigenvalue weighted by molar-refractivity contribution is 5.09. The summed E-state index contributed by atoms with van der Waals surface area (Å²) in [5, 5.41) is 0. The van der Waals surface area contributed by atoms with E-state index in [2.05, 4.69) is 15.7 Å². The van der Waals surface area contributed by atoms with Crippen molar-refractivity contribution in [2.75, 3.05) is 19.6 Å². The summed E-state index contributed by atoms with van der Waals surface area (Å²) in [6, 6.07) is 0.157. The van der Waals surface area contributed by atoms with E-state index in [1.165, 1.54) is 38.0 Å². The van der Waals surface area contributed by atoms with Crippen molar-refractivity contribution >= 4 is 0 Å². The van der Waals surface area contributed by atoms with Crippen molar-refractivity contribution < 1.29 is 0 Å². The van der Waals surface area contributed by atoms with Gasteiger partial charge in [0.05, 0.1) is 11.7 Å². The number of imidazole rings is 1. The van der Waals surface area contributed by atoms with Gasteiger partial charge in [-0.15, -0.1) is 0 Å². The number of likely N-dealkylation sites (tertiary alicyclic amines) is 1. The molecule has 94 valence electrons. The Morgan fingerprint density at radius 3 is 2.82 bits per heavy atom. The molecule has 1 unspecified atom stereocenters. The Bertz CT molecular complexity index is 379. The highest BCUT2D eigenvalue weighted by Crippen LogP contribution is 2.22. The van der Waals surface area contributed by atoms with Crippen molar-refractivity contribution in [1.29, 1.82) is 0 Å². The lowest BCUT2D eigenvalue weighted by atomic mass is 10.1. The van der Waals surface area contributed by atoms with Gasteiger partial charge in [-0.1, -0.05) is 0 Å². The fourth-order valence-electron chi connectivity index (χ4n) is 2.97. The molecule has 3 rings (SSSR count). The van der Waals surface area contributed by atoms with Crippen LogP contribution in [0.4, 0.5) is 0 Å². The van der Waals surface area contributed by atoms with E-state index < -0.39 is 0 Å². The van der Waals surface area contributed by atoms with Gasteiger partial charge in [-0.3, -0.25) is 0 Å². The summed E-state index contributed by atoms with van der Waals surface area (Å²) in [5.74, 6) is 1.10. The molecule has 3 heterocycles. The molecule has 2 N–H and O–H groups in total. The number of hydrogen-bond acceptors (Lipinski definition) is 3. The van der Waals surface area contributed by atoms with Crippen LogP contribution >= 0.6 is 0 Å². The Morgan fingerprint density at radius 1 is 1.24 bits per heavy atom.